The first-order valence-electron chi connectivity index (χ1n) is 14.9. The van der Waals surface area contributed by atoms with E-state index in [2.05, 4.69) is 30.7 Å². The average molecular weight is 858 g/mol. The Kier molecular flexibility index (Phi) is 32.7. The SMILES string of the molecule is CC.CC.CC.CCSC.NC=O.O=[C-]O.[CH2-]C/C(C=O)=C(C)/C=C1/c2nc3cc(F)c(C)c4c3c(c2CN1C)CCC4.[U+2]. The van der Waals surface area contributed by atoms with E-state index < -0.39 is 0 Å². The minimum Gasteiger partial charge on any atom is -0.665 e. The average Bonchev–Trinajstić information content (AvgIpc) is 3.34. The van der Waals surface area contributed by atoms with Gasteiger partial charge in [-0.2, -0.15) is 18.2 Å². The van der Waals surface area contributed by atoms with Gasteiger partial charge in [-0.1, -0.05) is 54.9 Å². The Bertz CT molecular complexity index is 1180. The summed E-state index contributed by atoms with van der Waals surface area (Å²) in [6, 6.07) is 1.58. The van der Waals surface area contributed by atoms with Gasteiger partial charge in [0.15, 0.2) is 0 Å². The Hall–Kier alpha value is -2.15. The van der Waals surface area contributed by atoms with Gasteiger partial charge in [0, 0.05) is 30.6 Å². The number of nitrogens with two attached hydrogens (primary N) is 1. The zero-order valence-corrected chi connectivity index (χ0v) is 33.7. The first-order chi connectivity index (χ1) is 20.7. The van der Waals surface area contributed by atoms with Crippen molar-refractivity contribution >= 4 is 47.5 Å². The molecule has 1 amide bonds. The third-order valence-electron chi connectivity index (χ3n) is 6.28. The van der Waals surface area contributed by atoms with Gasteiger partial charge in [-0.15, -0.1) is 0 Å². The molecule has 0 radical (unpaired) electrons. The number of aliphatic hydroxyl groups excluding tert-OH is 1. The van der Waals surface area contributed by atoms with E-state index in [-0.39, 0.29) is 43.3 Å². The van der Waals surface area contributed by atoms with Crippen molar-refractivity contribution in [3.8, 4) is 0 Å². The molecular formula is C34H54FN3O4SU. The second-order valence-electron chi connectivity index (χ2n) is 8.39. The van der Waals surface area contributed by atoms with E-state index in [0.29, 0.717) is 18.5 Å². The molecule has 0 unspecified atom stereocenters. The Morgan fingerprint density at radius 2 is 1.64 bits per heavy atom. The van der Waals surface area contributed by atoms with Crippen LogP contribution in [0.5, 0.6) is 0 Å². The molecule has 0 spiro atoms. The number of fused-ring (bicyclic) bond motifs is 2. The van der Waals surface area contributed by atoms with Gasteiger partial charge in [0.1, 0.15) is 12.1 Å². The molecule has 0 bridgehead atoms. The zero-order chi connectivity index (χ0) is 34.1. The van der Waals surface area contributed by atoms with Crippen molar-refractivity contribution in [2.45, 2.75) is 94.5 Å². The van der Waals surface area contributed by atoms with Crippen LogP contribution in [0.15, 0.2) is 23.3 Å². The minimum atomic E-state index is -0.175. The second-order valence-corrected chi connectivity index (χ2v) is 9.55. The maximum atomic E-state index is 14.5. The van der Waals surface area contributed by atoms with Crippen LogP contribution >= 0.6 is 11.8 Å². The number of allylic oxidation sites excluding steroid dienone is 3. The van der Waals surface area contributed by atoms with Crippen LogP contribution in [0.2, 0.25) is 0 Å². The maximum Gasteiger partial charge on any atom is 2.00 e. The maximum absolute atomic E-state index is 14.5. The number of nitrogens with zero attached hydrogens (tertiary/aromatic N) is 2. The topological polar surface area (TPSA) is 114 Å². The molecule has 10 heteroatoms. The number of thioether (sulfide) groups is 1. The molecule has 1 aromatic heterocycles. The Morgan fingerprint density at radius 1 is 1.16 bits per heavy atom. The predicted octanol–water partition coefficient (Wildman–Crippen LogP) is 7.86. The van der Waals surface area contributed by atoms with Gasteiger partial charge < -0.3 is 27.5 Å². The summed E-state index contributed by atoms with van der Waals surface area (Å²) in [6.45, 7) is 23.1. The standard InChI is InChI=1S/C23H24FN2O.C3H8S.3C2H6.CH3NO.CHO2.U/c1-5-15(12-27)13(2)9-21-23-18(11-26(21)4)17-8-6-7-16-14(3)19(24)10-20(25-23)22(16)17;1-3-4-2;3*1-2;2*2-1-3;/h9-10,12H,1,5-8,11H2,2-4H3;3H2,1-2H3;3*1-2H3;1H,(H2,2,3);(H,2,3);/q-1;;;;;;-1;+2/b15-13-,21-9-;;;;;;;. The van der Waals surface area contributed by atoms with E-state index in [0.717, 1.165) is 71.1 Å². The Labute approximate surface area is 294 Å². The molecule has 1 aromatic carbocycles. The van der Waals surface area contributed by atoms with E-state index in [9.17, 15) is 9.18 Å². The summed E-state index contributed by atoms with van der Waals surface area (Å²) in [6.07, 6.45) is 8.66. The van der Waals surface area contributed by atoms with Gasteiger partial charge in [-0.3, -0.25) is 9.59 Å². The number of rotatable bonds is 4. The van der Waals surface area contributed by atoms with Crippen LogP contribution in [0.25, 0.3) is 16.6 Å². The third-order valence-corrected chi connectivity index (χ3v) is 6.86. The van der Waals surface area contributed by atoms with Gasteiger partial charge in [0.05, 0.1) is 16.9 Å². The molecule has 7 nitrogen and oxygen atoms in total. The van der Waals surface area contributed by atoms with Crippen LogP contribution in [0, 0.1) is 50.8 Å². The number of pyridine rings is 1. The Balaban J connectivity index is -0.000000402. The summed E-state index contributed by atoms with van der Waals surface area (Å²) in [7, 11) is 2.04. The normalized spacial score (nSPS) is 12.8. The van der Waals surface area contributed by atoms with E-state index >= 15 is 0 Å². The molecule has 2 heterocycles. The van der Waals surface area contributed by atoms with Crippen molar-refractivity contribution in [2.24, 2.45) is 5.73 Å². The van der Waals surface area contributed by atoms with Crippen LogP contribution in [0.4, 0.5) is 4.39 Å². The molecule has 2 aliphatic rings. The summed E-state index contributed by atoms with van der Waals surface area (Å²) in [4.78, 5) is 35.1. The number of hydrogen-bond donors (Lipinski definition) is 2. The number of halogens is 1. The molecule has 0 atom stereocenters. The first kappa shape index (κ1) is 48.7. The van der Waals surface area contributed by atoms with Crippen LogP contribution in [-0.2, 0) is 33.8 Å². The fourth-order valence-electron chi connectivity index (χ4n) is 4.43. The summed E-state index contributed by atoms with van der Waals surface area (Å²) < 4.78 is 14.5. The summed E-state index contributed by atoms with van der Waals surface area (Å²) in [5.74, 6) is 1.06. The summed E-state index contributed by atoms with van der Waals surface area (Å²) in [5, 5.41) is 7.92. The van der Waals surface area contributed by atoms with Crippen molar-refractivity contribution in [2.75, 3.05) is 19.1 Å². The number of aryl methyl sites for hydroxylation is 2. The number of aldehydes is 1. The Morgan fingerprint density at radius 3 is 2.07 bits per heavy atom. The number of carbonyl (C=O) groups is 2. The molecule has 0 saturated heterocycles. The van der Waals surface area contributed by atoms with E-state index in [1.54, 1.807) is 6.07 Å². The van der Waals surface area contributed by atoms with Crippen LogP contribution < -0.4 is 5.73 Å². The smallest absolute Gasteiger partial charge is 0.665 e. The third kappa shape index (κ3) is 14.3. The second kappa shape index (κ2) is 29.6. The molecule has 44 heavy (non-hydrogen) atoms. The summed E-state index contributed by atoms with van der Waals surface area (Å²) >= 11 is 1.86. The van der Waals surface area contributed by atoms with Gasteiger partial charge >= 0.3 is 31.1 Å². The fourth-order valence-corrected chi connectivity index (χ4v) is 4.43. The predicted molar refractivity (Wildman–Crippen MR) is 183 cm³/mol. The molecule has 246 valence electrons. The van der Waals surface area contributed by atoms with Crippen LogP contribution in [0.3, 0.4) is 0 Å². The quantitative estimate of drug-likeness (QED) is 0.183. The number of amides is 1. The van der Waals surface area contributed by atoms with Crippen LogP contribution in [0.1, 0.15) is 96.2 Å². The molecule has 0 fully saturated rings. The van der Waals surface area contributed by atoms with E-state index in [4.69, 9.17) is 19.7 Å². The van der Waals surface area contributed by atoms with Gasteiger partial charge in [0.2, 0.25) is 6.41 Å². The van der Waals surface area contributed by atoms with Gasteiger partial charge in [0.25, 0.3) is 0 Å². The minimum absolute atomic E-state index is 0. The molecule has 4 rings (SSSR count). The van der Waals surface area contributed by atoms with Crippen molar-refractivity contribution < 1.29 is 55.0 Å². The fraction of sp³-hybridized carbons (Fsp3) is 0.500. The largest absolute Gasteiger partial charge is 2.00 e. The molecular weight excluding hydrogens is 803 g/mol. The number of primary amides is 1. The van der Waals surface area contributed by atoms with Gasteiger partial charge in [-0.05, 0) is 79.0 Å². The number of carbonyl (C=O) groups excluding carboxylic acids is 2. The molecule has 0 saturated carbocycles. The van der Waals surface area contributed by atoms with Crippen LogP contribution in [-0.4, -0.2) is 53.2 Å². The molecule has 1 aliphatic heterocycles. The zero-order valence-electron chi connectivity index (χ0n) is 28.7. The van der Waals surface area contributed by atoms with Gasteiger partial charge in [-0.25, -0.2) is 9.37 Å². The number of benzene rings is 1. The first-order valence-corrected chi connectivity index (χ1v) is 16.3. The van der Waals surface area contributed by atoms with Crippen molar-refractivity contribution in [3.63, 3.8) is 0 Å². The van der Waals surface area contributed by atoms with E-state index in [1.807, 2.05) is 80.3 Å². The monoisotopic (exact) mass is 857 g/mol. The van der Waals surface area contributed by atoms with Crippen molar-refractivity contribution in [1.82, 2.24) is 9.88 Å². The molecule has 2 aromatic rings. The van der Waals surface area contributed by atoms with Crippen molar-refractivity contribution in [1.29, 1.82) is 0 Å². The summed E-state index contributed by atoms with van der Waals surface area (Å²) in [5.41, 5.74) is 12.9. The molecule has 3 N–H and O–H groups in total. The van der Waals surface area contributed by atoms with Crippen molar-refractivity contribution in [3.05, 3.63) is 64.0 Å². The molecule has 1 aliphatic carbocycles. The van der Waals surface area contributed by atoms with E-state index in [1.165, 1.54) is 16.9 Å². The number of hydrogen-bond acceptors (Lipinski definition) is 6. The number of aromatic nitrogens is 1.